The van der Waals surface area contributed by atoms with Crippen LogP contribution >= 0.6 is 23.6 Å². The summed E-state index contributed by atoms with van der Waals surface area (Å²) in [5.41, 5.74) is 1.13. The maximum atomic E-state index is 8.99. The van der Waals surface area contributed by atoms with Gasteiger partial charge in [-0.2, -0.15) is 0 Å². The van der Waals surface area contributed by atoms with Crippen molar-refractivity contribution in [2.75, 3.05) is 6.54 Å². The Labute approximate surface area is 86.6 Å². The molecular formula is C9H11NOS2. The van der Waals surface area contributed by atoms with Crippen molar-refractivity contribution in [2.45, 2.75) is 19.4 Å². The lowest BCUT2D eigenvalue weighted by Gasteiger charge is -2.00. The number of thiophene rings is 1. The zero-order valence-electron chi connectivity index (χ0n) is 7.17. The van der Waals surface area contributed by atoms with E-state index in [0.717, 1.165) is 34.8 Å². The van der Waals surface area contributed by atoms with Crippen LogP contribution in [-0.2, 0) is 13.0 Å². The van der Waals surface area contributed by atoms with Gasteiger partial charge < -0.3 is 10.4 Å². The molecule has 2 nitrogen and oxygen atoms in total. The van der Waals surface area contributed by atoms with Crippen LogP contribution in [0.1, 0.15) is 21.7 Å². The van der Waals surface area contributed by atoms with Gasteiger partial charge in [-0.3, -0.25) is 0 Å². The number of hydrogen-bond donors (Lipinski definition) is 2. The van der Waals surface area contributed by atoms with E-state index in [1.807, 2.05) is 6.07 Å². The molecule has 1 aromatic rings. The highest BCUT2D eigenvalue weighted by atomic mass is 32.1. The van der Waals surface area contributed by atoms with Crippen molar-refractivity contribution < 1.29 is 5.11 Å². The van der Waals surface area contributed by atoms with E-state index in [9.17, 15) is 0 Å². The molecule has 0 aliphatic carbocycles. The Morgan fingerprint density at radius 2 is 2.46 bits per heavy atom. The molecule has 0 fully saturated rings. The van der Waals surface area contributed by atoms with Gasteiger partial charge in [0.15, 0.2) is 0 Å². The standard InChI is InChI=1S/C9H11NOS2/c11-5-6-4-7-8(13-6)2-1-3-10-9(7)12/h4,11H,1-3,5H2,(H,10,12). The molecule has 0 saturated carbocycles. The van der Waals surface area contributed by atoms with Crippen LogP contribution in [0.15, 0.2) is 6.07 Å². The molecule has 2 heterocycles. The average molecular weight is 213 g/mol. The maximum Gasteiger partial charge on any atom is 0.107 e. The summed E-state index contributed by atoms with van der Waals surface area (Å²) in [5.74, 6) is 0. The Morgan fingerprint density at radius 1 is 1.62 bits per heavy atom. The molecule has 70 valence electrons. The fourth-order valence-electron chi connectivity index (χ4n) is 1.49. The Bertz CT molecular complexity index is 332. The number of nitrogens with one attached hydrogen (secondary N) is 1. The summed E-state index contributed by atoms with van der Waals surface area (Å²) >= 11 is 6.90. The molecule has 1 aliphatic heterocycles. The highest BCUT2D eigenvalue weighted by Gasteiger charge is 2.15. The van der Waals surface area contributed by atoms with Crippen molar-refractivity contribution in [1.29, 1.82) is 0 Å². The van der Waals surface area contributed by atoms with E-state index >= 15 is 0 Å². The van der Waals surface area contributed by atoms with E-state index < -0.39 is 0 Å². The van der Waals surface area contributed by atoms with Crippen molar-refractivity contribution in [3.8, 4) is 0 Å². The third-order valence-corrected chi connectivity index (χ3v) is 3.67. The fraction of sp³-hybridized carbons (Fsp3) is 0.444. The van der Waals surface area contributed by atoms with Crippen LogP contribution in [0.4, 0.5) is 0 Å². The average Bonchev–Trinajstić information content (AvgIpc) is 2.48. The maximum absolute atomic E-state index is 8.99. The molecule has 4 heteroatoms. The normalized spacial score (nSPS) is 16.2. The third kappa shape index (κ3) is 1.75. The zero-order valence-corrected chi connectivity index (χ0v) is 8.80. The van der Waals surface area contributed by atoms with Gasteiger partial charge in [0.1, 0.15) is 4.99 Å². The van der Waals surface area contributed by atoms with Crippen LogP contribution < -0.4 is 5.32 Å². The third-order valence-electron chi connectivity index (χ3n) is 2.13. The zero-order chi connectivity index (χ0) is 9.26. The van der Waals surface area contributed by atoms with E-state index in [1.54, 1.807) is 11.3 Å². The molecule has 1 aliphatic rings. The molecule has 0 radical (unpaired) electrons. The monoisotopic (exact) mass is 213 g/mol. The van der Waals surface area contributed by atoms with Crippen LogP contribution in [0, 0.1) is 0 Å². The predicted molar refractivity (Wildman–Crippen MR) is 58.3 cm³/mol. The molecule has 0 bridgehead atoms. The van der Waals surface area contributed by atoms with E-state index in [-0.39, 0.29) is 6.61 Å². The number of thiocarbonyl (C=S) groups is 1. The summed E-state index contributed by atoms with van der Waals surface area (Å²) in [6.07, 6.45) is 2.20. The van der Waals surface area contributed by atoms with Crippen molar-refractivity contribution in [2.24, 2.45) is 0 Å². The number of hydrogen-bond acceptors (Lipinski definition) is 3. The van der Waals surface area contributed by atoms with E-state index in [0.29, 0.717) is 0 Å². The first-order valence-corrected chi connectivity index (χ1v) is 5.54. The first-order chi connectivity index (χ1) is 6.31. The van der Waals surface area contributed by atoms with Gasteiger partial charge in [0, 0.05) is 21.9 Å². The van der Waals surface area contributed by atoms with Crippen LogP contribution in [0.5, 0.6) is 0 Å². The highest BCUT2D eigenvalue weighted by molar-refractivity contribution is 7.80. The molecule has 13 heavy (non-hydrogen) atoms. The SMILES string of the molecule is OCc1cc2c(s1)CCCNC2=S. The molecule has 0 amide bonds. The van der Waals surface area contributed by atoms with Crippen LogP contribution in [-0.4, -0.2) is 16.6 Å². The molecule has 1 aromatic heterocycles. The van der Waals surface area contributed by atoms with Gasteiger partial charge in [-0.15, -0.1) is 11.3 Å². The number of fused-ring (bicyclic) bond motifs is 1. The van der Waals surface area contributed by atoms with Crippen molar-refractivity contribution >= 4 is 28.5 Å². The minimum absolute atomic E-state index is 0.125. The summed E-state index contributed by atoms with van der Waals surface area (Å²) in [5, 5.41) is 12.2. The minimum Gasteiger partial charge on any atom is -0.391 e. The van der Waals surface area contributed by atoms with E-state index in [1.165, 1.54) is 4.88 Å². The Morgan fingerprint density at radius 3 is 3.23 bits per heavy atom. The van der Waals surface area contributed by atoms with E-state index in [2.05, 4.69) is 5.32 Å². The smallest absolute Gasteiger partial charge is 0.107 e. The van der Waals surface area contributed by atoms with Gasteiger partial charge in [-0.05, 0) is 18.9 Å². The summed E-state index contributed by atoms with van der Waals surface area (Å²) in [4.78, 5) is 3.17. The lowest BCUT2D eigenvalue weighted by molar-refractivity contribution is 0.285. The highest BCUT2D eigenvalue weighted by Crippen LogP contribution is 2.25. The number of aliphatic hydroxyl groups is 1. The minimum atomic E-state index is 0.125. The summed E-state index contributed by atoms with van der Waals surface area (Å²) in [7, 11) is 0. The number of rotatable bonds is 1. The van der Waals surface area contributed by atoms with Gasteiger partial charge in [0.2, 0.25) is 0 Å². The van der Waals surface area contributed by atoms with Crippen molar-refractivity contribution in [3.63, 3.8) is 0 Å². The van der Waals surface area contributed by atoms with E-state index in [4.69, 9.17) is 17.3 Å². The van der Waals surface area contributed by atoms with Crippen molar-refractivity contribution in [3.05, 3.63) is 21.4 Å². The molecule has 0 unspecified atom stereocenters. The second-order valence-corrected chi connectivity index (χ2v) is 4.70. The van der Waals surface area contributed by atoms with Gasteiger partial charge in [0.05, 0.1) is 6.61 Å². The Hall–Kier alpha value is -0.450. The van der Waals surface area contributed by atoms with Gasteiger partial charge in [0.25, 0.3) is 0 Å². The van der Waals surface area contributed by atoms with Gasteiger partial charge >= 0.3 is 0 Å². The Kier molecular flexibility index (Phi) is 2.62. The largest absolute Gasteiger partial charge is 0.391 e. The van der Waals surface area contributed by atoms with Crippen LogP contribution in [0.25, 0.3) is 0 Å². The summed E-state index contributed by atoms with van der Waals surface area (Å²) in [6.45, 7) is 1.09. The Balaban J connectivity index is 2.39. The summed E-state index contributed by atoms with van der Waals surface area (Å²) in [6, 6.07) is 2.00. The van der Waals surface area contributed by atoms with Gasteiger partial charge in [-0.25, -0.2) is 0 Å². The number of aryl methyl sites for hydroxylation is 1. The molecule has 0 spiro atoms. The first-order valence-electron chi connectivity index (χ1n) is 4.32. The second-order valence-electron chi connectivity index (χ2n) is 3.07. The van der Waals surface area contributed by atoms with Crippen molar-refractivity contribution in [1.82, 2.24) is 5.32 Å². The lowest BCUT2D eigenvalue weighted by atomic mass is 10.2. The van der Waals surface area contributed by atoms with Crippen LogP contribution in [0.3, 0.4) is 0 Å². The topological polar surface area (TPSA) is 32.3 Å². The molecular weight excluding hydrogens is 202 g/mol. The predicted octanol–water partition coefficient (Wildman–Crippen LogP) is 1.45. The molecule has 0 atom stereocenters. The fourth-order valence-corrected chi connectivity index (χ4v) is 2.91. The second kappa shape index (κ2) is 3.74. The summed E-state index contributed by atoms with van der Waals surface area (Å²) < 4.78 is 0. The number of aliphatic hydroxyl groups excluding tert-OH is 1. The molecule has 2 N–H and O–H groups in total. The molecule has 0 aromatic carbocycles. The lowest BCUT2D eigenvalue weighted by Crippen LogP contribution is -2.21. The van der Waals surface area contributed by atoms with Gasteiger partial charge in [-0.1, -0.05) is 12.2 Å². The first kappa shape index (κ1) is 9.12. The van der Waals surface area contributed by atoms with Crippen LogP contribution in [0.2, 0.25) is 0 Å². The molecule has 0 saturated heterocycles. The quantitative estimate of drug-likeness (QED) is 0.693. The molecule has 2 rings (SSSR count).